The number of hydrogen-bond acceptors (Lipinski definition) is 2. The number of urea groups is 1. The van der Waals surface area contributed by atoms with Crippen LogP contribution >= 0.6 is 0 Å². The van der Waals surface area contributed by atoms with Gasteiger partial charge in [-0.2, -0.15) is 0 Å². The molecule has 1 saturated carbocycles. The van der Waals surface area contributed by atoms with Gasteiger partial charge in [0.05, 0.1) is 5.92 Å². The van der Waals surface area contributed by atoms with E-state index in [2.05, 4.69) is 17.2 Å². The molecule has 0 saturated heterocycles. The fraction of sp³-hybridized carbons (Fsp3) is 0.714. The second-order valence-corrected chi connectivity index (χ2v) is 5.13. The topological polar surface area (TPSA) is 78.4 Å². The molecule has 1 unspecified atom stereocenters. The van der Waals surface area contributed by atoms with Crippen molar-refractivity contribution in [2.45, 2.75) is 57.5 Å². The van der Waals surface area contributed by atoms with E-state index in [1.807, 2.05) is 6.92 Å². The van der Waals surface area contributed by atoms with Crippen LogP contribution in [0.1, 0.15) is 45.4 Å². The Balaban J connectivity index is 2.30. The summed E-state index contributed by atoms with van der Waals surface area (Å²) < 4.78 is 0. The van der Waals surface area contributed by atoms with Crippen LogP contribution in [0.5, 0.6) is 0 Å². The normalized spacial score (nSPS) is 24.3. The Labute approximate surface area is 114 Å². The molecule has 0 aromatic rings. The lowest BCUT2D eigenvalue weighted by atomic mass is 9.86. The highest BCUT2D eigenvalue weighted by molar-refractivity contribution is 5.74. The summed E-state index contributed by atoms with van der Waals surface area (Å²) in [6.45, 7) is 5.69. The van der Waals surface area contributed by atoms with Gasteiger partial charge in [-0.1, -0.05) is 13.0 Å². The Bertz CT molecular complexity index is 323. The molecule has 1 atom stereocenters. The SMILES string of the molecule is C=CCC(CC)NC(=O)NC1CCC(C(=O)O)CC1. The van der Waals surface area contributed by atoms with E-state index in [4.69, 9.17) is 5.11 Å². The smallest absolute Gasteiger partial charge is 0.315 e. The Kier molecular flexibility index (Phi) is 6.39. The lowest BCUT2D eigenvalue weighted by Gasteiger charge is -2.27. The zero-order valence-corrected chi connectivity index (χ0v) is 11.5. The van der Waals surface area contributed by atoms with Crippen LogP contribution < -0.4 is 10.6 Å². The second-order valence-electron chi connectivity index (χ2n) is 5.13. The van der Waals surface area contributed by atoms with Crippen molar-refractivity contribution in [3.8, 4) is 0 Å². The summed E-state index contributed by atoms with van der Waals surface area (Å²) in [7, 11) is 0. The van der Waals surface area contributed by atoms with Gasteiger partial charge in [0, 0.05) is 12.1 Å². The number of carbonyl (C=O) groups is 2. The molecule has 0 aromatic heterocycles. The van der Waals surface area contributed by atoms with Crippen LogP contribution in [-0.4, -0.2) is 29.2 Å². The summed E-state index contributed by atoms with van der Waals surface area (Å²) in [6, 6.07) is 0.0529. The molecule has 1 fully saturated rings. The summed E-state index contributed by atoms with van der Waals surface area (Å²) in [5.74, 6) is -0.967. The van der Waals surface area contributed by atoms with Crippen molar-refractivity contribution >= 4 is 12.0 Å². The number of carboxylic acid groups (broad SMARTS) is 1. The minimum Gasteiger partial charge on any atom is -0.481 e. The van der Waals surface area contributed by atoms with Crippen molar-refractivity contribution in [3.05, 3.63) is 12.7 Å². The first-order chi connectivity index (χ1) is 9.06. The van der Waals surface area contributed by atoms with Crippen molar-refractivity contribution in [2.75, 3.05) is 0 Å². The van der Waals surface area contributed by atoms with Crippen molar-refractivity contribution < 1.29 is 14.7 Å². The number of hydrogen-bond donors (Lipinski definition) is 3. The van der Waals surface area contributed by atoms with E-state index < -0.39 is 5.97 Å². The maximum atomic E-state index is 11.8. The van der Waals surface area contributed by atoms with Crippen LogP contribution in [0, 0.1) is 5.92 Å². The van der Waals surface area contributed by atoms with Crippen molar-refractivity contribution in [3.63, 3.8) is 0 Å². The second kappa shape index (κ2) is 7.81. The third-order valence-electron chi connectivity index (χ3n) is 3.69. The van der Waals surface area contributed by atoms with Crippen LogP contribution in [0.4, 0.5) is 4.79 Å². The average Bonchev–Trinajstić information content (AvgIpc) is 2.38. The molecule has 5 heteroatoms. The van der Waals surface area contributed by atoms with Crippen LogP contribution in [0.15, 0.2) is 12.7 Å². The average molecular weight is 268 g/mol. The predicted molar refractivity (Wildman–Crippen MR) is 73.9 cm³/mol. The number of rotatable bonds is 6. The Morgan fingerprint density at radius 1 is 1.37 bits per heavy atom. The summed E-state index contributed by atoms with van der Waals surface area (Å²) in [5.41, 5.74) is 0. The van der Waals surface area contributed by atoms with Crippen LogP contribution in [-0.2, 0) is 4.79 Å². The van der Waals surface area contributed by atoms with Gasteiger partial charge in [-0.25, -0.2) is 4.79 Å². The van der Waals surface area contributed by atoms with Gasteiger partial charge in [0.25, 0.3) is 0 Å². The van der Waals surface area contributed by atoms with Crippen LogP contribution in [0.2, 0.25) is 0 Å². The van der Waals surface area contributed by atoms with E-state index in [-0.39, 0.29) is 24.0 Å². The predicted octanol–water partition coefficient (Wildman–Crippen LogP) is 2.28. The zero-order valence-electron chi connectivity index (χ0n) is 11.5. The van der Waals surface area contributed by atoms with E-state index in [0.717, 1.165) is 25.7 Å². The minimum absolute atomic E-state index is 0.0943. The van der Waals surface area contributed by atoms with Gasteiger partial charge in [0.1, 0.15) is 0 Å². The van der Waals surface area contributed by atoms with E-state index in [9.17, 15) is 9.59 Å². The molecule has 3 N–H and O–H groups in total. The van der Waals surface area contributed by atoms with Gasteiger partial charge in [-0.05, 0) is 38.5 Å². The molecule has 0 bridgehead atoms. The minimum atomic E-state index is -0.722. The van der Waals surface area contributed by atoms with Crippen LogP contribution in [0.25, 0.3) is 0 Å². The quantitative estimate of drug-likeness (QED) is 0.647. The molecule has 0 heterocycles. The molecule has 1 aliphatic rings. The molecule has 108 valence electrons. The summed E-state index contributed by atoms with van der Waals surface area (Å²) in [5, 5.41) is 14.7. The third kappa shape index (κ3) is 5.32. The number of aliphatic carboxylic acids is 1. The molecule has 0 radical (unpaired) electrons. The summed E-state index contributed by atoms with van der Waals surface area (Å²) in [4.78, 5) is 22.6. The highest BCUT2D eigenvalue weighted by Crippen LogP contribution is 2.24. The van der Waals surface area contributed by atoms with Gasteiger partial charge < -0.3 is 15.7 Å². The molecule has 2 amide bonds. The fourth-order valence-electron chi connectivity index (χ4n) is 2.43. The molecule has 0 aromatic carbocycles. The van der Waals surface area contributed by atoms with Crippen molar-refractivity contribution in [1.82, 2.24) is 10.6 Å². The van der Waals surface area contributed by atoms with E-state index in [0.29, 0.717) is 12.8 Å². The highest BCUT2D eigenvalue weighted by Gasteiger charge is 2.26. The molecule has 0 aliphatic heterocycles. The Morgan fingerprint density at radius 3 is 2.47 bits per heavy atom. The van der Waals surface area contributed by atoms with Crippen LogP contribution in [0.3, 0.4) is 0 Å². The molecular weight excluding hydrogens is 244 g/mol. The maximum Gasteiger partial charge on any atom is 0.315 e. The first-order valence-corrected chi connectivity index (χ1v) is 6.97. The third-order valence-corrected chi connectivity index (χ3v) is 3.69. The summed E-state index contributed by atoms with van der Waals surface area (Å²) >= 11 is 0. The molecule has 0 spiro atoms. The monoisotopic (exact) mass is 268 g/mol. The maximum absolute atomic E-state index is 11.8. The highest BCUT2D eigenvalue weighted by atomic mass is 16.4. The van der Waals surface area contributed by atoms with E-state index in [1.54, 1.807) is 6.08 Å². The number of amides is 2. The lowest BCUT2D eigenvalue weighted by molar-refractivity contribution is -0.142. The first-order valence-electron chi connectivity index (χ1n) is 6.97. The van der Waals surface area contributed by atoms with Gasteiger partial charge in [0.2, 0.25) is 0 Å². The molecule has 19 heavy (non-hydrogen) atoms. The Morgan fingerprint density at radius 2 is 2.00 bits per heavy atom. The Hall–Kier alpha value is -1.52. The lowest BCUT2D eigenvalue weighted by Crippen LogP contribution is -2.47. The van der Waals surface area contributed by atoms with E-state index >= 15 is 0 Å². The van der Waals surface area contributed by atoms with Gasteiger partial charge in [-0.15, -0.1) is 6.58 Å². The van der Waals surface area contributed by atoms with Gasteiger partial charge in [0.15, 0.2) is 0 Å². The zero-order chi connectivity index (χ0) is 14.3. The first kappa shape index (κ1) is 15.5. The fourth-order valence-corrected chi connectivity index (χ4v) is 2.43. The molecular formula is C14H24N2O3. The molecule has 5 nitrogen and oxygen atoms in total. The van der Waals surface area contributed by atoms with Gasteiger partial charge in [-0.3, -0.25) is 4.79 Å². The number of carboxylic acids is 1. The van der Waals surface area contributed by atoms with E-state index in [1.165, 1.54) is 0 Å². The van der Waals surface area contributed by atoms with Crippen molar-refractivity contribution in [2.24, 2.45) is 5.92 Å². The number of nitrogens with one attached hydrogen (secondary N) is 2. The van der Waals surface area contributed by atoms with Crippen molar-refractivity contribution in [1.29, 1.82) is 0 Å². The summed E-state index contributed by atoms with van der Waals surface area (Å²) in [6.07, 6.45) is 6.19. The largest absolute Gasteiger partial charge is 0.481 e. The number of carbonyl (C=O) groups excluding carboxylic acids is 1. The van der Waals surface area contributed by atoms with Gasteiger partial charge >= 0.3 is 12.0 Å². The molecule has 1 rings (SSSR count). The molecule has 1 aliphatic carbocycles. The standard InChI is InChI=1S/C14H24N2O3/c1-3-5-11(4-2)15-14(19)16-12-8-6-10(7-9-12)13(17)18/h3,10-12H,1,4-9H2,2H3,(H,17,18)(H2,15,16,19).